The molecule has 1 aliphatic heterocycles. The average Bonchev–Trinajstić information content (AvgIpc) is 3.28. The van der Waals surface area contributed by atoms with Crippen LogP contribution >= 0.6 is 23.2 Å². The number of hydrogen-bond acceptors (Lipinski definition) is 5. The van der Waals surface area contributed by atoms with Gasteiger partial charge in [-0.25, -0.2) is 0 Å². The second-order valence-electron chi connectivity index (χ2n) is 6.81. The standard InChI is InChI=1S/C22H17Cl2NO5/c1-29-9-8-25-19(13-6-7-14(23)15(24)10-13)18(21(27)22(25)28)20(26)17-11-12-4-2-3-5-16(12)30-17/h2-7,10-11,19,27H,8-9H2,1H3/t19-/m0/s1. The Morgan fingerprint density at radius 2 is 1.93 bits per heavy atom. The van der Waals surface area contributed by atoms with Crippen molar-refractivity contribution in [3.63, 3.8) is 0 Å². The highest BCUT2D eigenvalue weighted by Gasteiger charge is 2.44. The first-order valence-electron chi connectivity index (χ1n) is 9.13. The maximum atomic E-state index is 13.3. The second-order valence-corrected chi connectivity index (χ2v) is 7.62. The zero-order valence-corrected chi connectivity index (χ0v) is 17.4. The van der Waals surface area contributed by atoms with E-state index in [-0.39, 0.29) is 29.5 Å². The maximum absolute atomic E-state index is 13.3. The minimum Gasteiger partial charge on any atom is -0.503 e. The van der Waals surface area contributed by atoms with E-state index in [0.717, 1.165) is 5.39 Å². The van der Waals surface area contributed by atoms with Crippen molar-refractivity contribution in [3.05, 3.63) is 81.2 Å². The molecule has 154 valence electrons. The number of carbonyl (C=O) groups is 2. The van der Waals surface area contributed by atoms with E-state index >= 15 is 0 Å². The molecule has 2 aromatic carbocycles. The van der Waals surface area contributed by atoms with Crippen molar-refractivity contribution in [2.75, 3.05) is 20.3 Å². The third-order valence-electron chi connectivity index (χ3n) is 4.99. The van der Waals surface area contributed by atoms with Crippen LogP contribution in [0.2, 0.25) is 10.0 Å². The van der Waals surface area contributed by atoms with E-state index in [0.29, 0.717) is 16.2 Å². The van der Waals surface area contributed by atoms with Crippen molar-refractivity contribution in [2.45, 2.75) is 6.04 Å². The zero-order valence-electron chi connectivity index (χ0n) is 15.9. The Hall–Kier alpha value is -2.80. The molecule has 8 heteroatoms. The summed E-state index contributed by atoms with van der Waals surface area (Å²) in [6, 6.07) is 12.7. The summed E-state index contributed by atoms with van der Waals surface area (Å²) in [7, 11) is 1.50. The molecule has 0 spiro atoms. The highest BCUT2D eigenvalue weighted by molar-refractivity contribution is 6.42. The molecule has 1 N–H and O–H groups in total. The number of fused-ring (bicyclic) bond motifs is 1. The van der Waals surface area contributed by atoms with Crippen molar-refractivity contribution in [1.29, 1.82) is 0 Å². The van der Waals surface area contributed by atoms with Crippen molar-refractivity contribution in [1.82, 2.24) is 4.90 Å². The van der Waals surface area contributed by atoms with Crippen LogP contribution in [0.1, 0.15) is 22.2 Å². The molecule has 1 atom stereocenters. The molecule has 3 aromatic rings. The lowest BCUT2D eigenvalue weighted by atomic mass is 9.95. The fourth-order valence-corrected chi connectivity index (χ4v) is 3.87. The van der Waals surface area contributed by atoms with E-state index < -0.39 is 23.5 Å². The highest BCUT2D eigenvalue weighted by atomic mass is 35.5. The fourth-order valence-electron chi connectivity index (χ4n) is 3.56. The molecule has 0 bridgehead atoms. The van der Waals surface area contributed by atoms with Crippen molar-refractivity contribution in [3.8, 4) is 0 Å². The predicted octanol–water partition coefficient (Wildman–Crippen LogP) is 4.96. The number of para-hydroxylation sites is 1. The van der Waals surface area contributed by atoms with E-state index in [1.807, 2.05) is 12.1 Å². The summed E-state index contributed by atoms with van der Waals surface area (Å²) in [5.41, 5.74) is 0.999. The number of ether oxygens (including phenoxy) is 1. The molecular weight excluding hydrogens is 429 g/mol. The van der Waals surface area contributed by atoms with Gasteiger partial charge in [0.1, 0.15) is 5.58 Å². The number of furan rings is 1. The number of nitrogens with zero attached hydrogens (tertiary/aromatic N) is 1. The lowest BCUT2D eigenvalue weighted by molar-refractivity contribution is -0.130. The summed E-state index contributed by atoms with van der Waals surface area (Å²) in [5.74, 6) is -1.83. The van der Waals surface area contributed by atoms with Gasteiger partial charge in [0.25, 0.3) is 5.91 Å². The quantitative estimate of drug-likeness (QED) is 0.542. The zero-order chi connectivity index (χ0) is 21.4. The molecule has 0 saturated carbocycles. The van der Waals surface area contributed by atoms with Crippen LogP contribution in [0.25, 0.3) is 11.0 Å². The Balaban J connectivity index is 1.82. The largest absolute Gasteiger partial charge is 0.503 e. The van der Waals surface area contributed by atoms with Gasteiger partial charge in [-0.1, -0.05) is 47.5 Å². The molecule has 0 aliphatic carbocycles. The lowest BCUT2D eigenvalue weighted by Crippen LogP contribution is -2.34. The fraction of sp³-hybridized carbons (Fsp3) is 0.182. The first kappa shape index (κ1) is 20.5. The van der Waals surface area contributed by atoms with Crippen molar-refractivity contribution in [2.24, 2.45) is 0 Å². The van der Waals surface area contributed by atoms with E-state index in [2.05, 4.69) is 0 Å². The van der Waals surface area contributed by atoms with Gasteiger partial charge >= 0.3 is 0 Å². The van der Waals surface area contributed by atoms with E-state index in [4.69, 9.17) is 32.4 Å². The first-order chi connectivity index (χ1) is 14.4. The Labute approximate surface area is 182 Å². The van der Waals surface area contributed by atoms with Gasteiger partial charge in [0.2, 0.25) is 5.78 Å². The molecule has 0 unspecified atom stereocenters. The van der Waals surface area contributed by atoms with Crippen LogP contribution in [0.15, 0.2) is 64.3 Å². The molecule has 0 radical (unpaired) electrons. The molecular formula is C22H17Cl2NO5. The second kappa shape index (κ2) is 8.14. The third kappa shape index (κ3) is 3.47. The minimum atomic E-state index is -0.858. The normalized spacial score (nSPS) is 16.7. The summed E-state index contributed by atoms with van der Waals surface area (Å²) < 4.78 is 10.8. The number of halogens is 2. The molecule has 2 heterocycles. The number of aliphatic hydroxyl groups is 1. The van der Waals surface area contributed by atoms with Crippen LogP contribution in [-0.2, 0) is 9.53 Å². The van der Waals surface area contributed by atoms with E-state index in [1.54, 1.807) is 36.4 Å². The highest BCUT2D eigenvalue weighted by Crippen LogP contribution is 2.40. The van der Waals surface area contributed by atoms with Crippen LogP contribution in [0.3, 0.4) is 0 Å². The van der Waals surface area contributed by atoms with Gasteiger partial charge in [-0.3, -0.25) is 9.59 Å². The molecule has 30 heavy (non-hydrogen) atoms. The monoisotopic (exact) mass is 445 g/mol. The van der Waals surface area contributed by atoms with Gasteiger partial charge in [-0.2, -0.15) is 0 Å². The van der Waals surface area contributed by atoms with Crippen LogP contribution in [-0.4, -0.2) is 42.0 Å². The number of amides is 1. The van der Waals surface area contributed by atoms with Crippen LogP contribution in [0, 0.1) is 0 Å². The Bertz CT molecular complexity index is 1150. The molecule has 0 saturated heterocycles. The topological polar surface area (TPSA) is 80.0 Å². The molecule has 1 aromatic heterocycles. The number of Topliss-reactive ketones (excluding diaryl/α,β-unsaturated/α-hetero) is 1. The first-order valence-corrected chi connectivity index (χ1v) is 9.89. The van der Waals surface area contributed by atoms with E-state index in [1.165, 1.54) is 12.0 Å². The van der Waals surface area contributed by atoms with Gasteiger partial charge in [-0.05, 0) is 29.8 Å². The Morgan fingerprint density at radius 1 is 1.17 bits per heavy atom. The van der Waals surface area contributed by atoms with Gasteiger partial charge in [0.15, 0.2) is 11.5 Å². The van der Waals surface area contributed by atoms with E-state index in [9.17, 15) is 14.7 Å². The SMILES string of the molecule is COCCN1C(=O)C(O)=C(C(=O)c2cc3ccccc3o2)[C@@H]1c1ccc(Cl)c(Cl)c1. The van der Waals surface area contributed by atoms with Gasteiger partial charge in [0.05, 0.1) is 28.3 Å². The summed E-state index contributed by atoms with van der Waals surface area (Å²) in [6.45, 7) is 0.393. The average molecular weight is 446 g/mol. The van der Waals surface area contributed by atoms with Crippen LogP contribution in [0.4, 0.5) is 0 Å². The van der Waals surface area contributed by atoms with Crippen LogP contribution in [0.5, 0.6) is 0 Å². The minimum absolute atomic E-state index is 0.0317. The number of ketones is 1. The van der Waals surface area contributed by atoms with Crippen LogP contribution < -0.4 is 0 Å². The number of methoxy groups -OCH3 is 1. The number of benzene rings is 2. The molecule has 0 fully saturated rings. The predicted molar refractivity (Wildman–Crippen MR) is 113 cm³/mol. The third-order valence-corrected chi connectivity index (χ3v) is 5.73. The van der Waals surface area contributed by atoms with Crippen molar-refractivity contribution >= 4 is 45.9 Å². The number of aliphatic hydroxyl groups excluding tert-OH is 1. The summed E-state index contributed by atoms with van der Waals surface area (Å²) >= 11 is 12.2. The Morgan fingerprint density at radius 3 is 2.63 bits per heavy atom. The molecule has 6 nitrogen and oxygen atoms in total. The lowest BCUT2D eigenvalue weighted by Gasteiger charge is -2.26. The summed E-state index contributed by atoms with van der Waals surface area (Å²) in [4.78, 5) is 27.5. The molecule has 1 amide bonds. The molecule has 4 rings (SSSR count). The summed E-state index contributed by atoms with van der Waals surface area (Å²) in [6.07, 6.45) is 0. The van der Waals surface area contributed by atoms with Crippen molar-refractivity contribution < 1.29 is 23.8 Å². The smallest absolute Gasteiger partial charge is 0.290 e. The Kier molecular flexibility index (Phi) is 5.56. The maximum Gasteiger partial charge on any atom is 0.290 e. The molecule has 1 aliphatic rings. The summed E-state index contributed by atoms with van der Waals surface area (Å²) in [5, 5.41) is 12.0. The van der Waals surface area contributed by atoms with Gasteiger partial charge < -0.3 is 19.2 Å². The van der Waals surface area contributed by atoms with Gasteiger partial charge in [-0.15, -0.1) is 0 Å². The number of carbonyl (C=O) groups excluding carboxylic acids is 2. The number of rotatable bonds is 6. The number of hydrogen-bond donors (Lipinski definition) is 1. The van der Waals surface area contributed by atoms with Gasteiger partial charge in [0, 0.05) is 19.0 Å².